The zero-order valence-corrected chi connectivity index (χ0v) is 13.9. The average molecular weight is 298 g/mol. The van der Waals surface area contributed by atoms with Crippen LogP contribution in [-0.2, 0) is 19.3 Å². The molecule has 0 nitrogen and oxygen atoms in total. The fourth-order valence-electron chi connectivity index (χ4n) is 3.86. The lowest BCUT2D eigenvalue weighted by Gasteiger charge is -2.15. The second-order valence-corrected chi connectivity index (χ2v) is 6.64. The van der Waals surface area contributed by atoms with Gasteiger partial charge in [0, 0.05) is 0 Å². The van der Waals surface area contributed by atoms with Crippen LogP contribution in [-0.4, -0.2) is 0 Å². The number of fused-ring (bicyclic) bond motifs is 3. The van der Waals surface area contributed by atoms with Crippen molar-refractivity contribution in [2.24, 2.45) is 0 Å². The van der Waals surface area contributed by atoms with Gasteiger partial charge in [-0.2, -0.15) is 0 Å². The first-order valence-electron chi connectivity index (χ1n) is 8.48. The van der Waals surface area contributed by atoms with Gasteiger partial charge in [0.2, 0.25) is 0 Å². The van der Waals surface area contributed by atoms with E-state index in [1.807, 2.05) is 0 Å². The maximum atomic E-state index is 2.39. The maximum absolute atomic E-state index is 2.39. The minimum Gasteiger partial charge on any atom is -0.0622 e. The lowest BCUT2D eigenvalue weighted by Crippen LogP contribution is -2.02. The Balaban J connectivity index is 1.74. The van der Waals surface area contributed by atoms with E-state index >= 15 is 0 Å². The van der Waals surface area contributed by atoms with E-state index in [2.05, 4.69) is 74.5 Å². The van der Waals surface area contributed by atoms with Crippen LogP contribution >= 0.6 is 0 Å². The van der Waals surface area contributed by atoms with Gasteiger partial charge in [-0.3, -0.25) is 0 Å². The molecule has 0 heteroatoms. The van der Waals surface area contributed by atoms with Crippen LogP contribution in [0.3, 0.4) is 0 Å². The molecule has 0 unspecified atom stereocenters. The third-order valence-electron chi connectivity index (χ3n) is 5.28. The van der Waals surface area contributed by atoms with E-state index in [1.54, 1.807) is 11.1 Å². The summed E-state index contributed by atoms with van der Waals surface area (Å²) in [5, 5.41) is 0. The quantitative estimate of drug-likeness (QED) is 0.458. The Morgan fingerprint density at radius 3 is 2.35 bits per heavy atom. The molecule has 0 bridgehead atoms. The summed E-state index contributed by atoms with van der Waals surface area (Å²) >= 11 is 0. The van der Waals surface area contributed by atoms with Gasteiger partial charge in [0.25, 0.3) is 0 Å². The molecular formula is C23H22. The van der Waals surface area contributed by atoms with Crippen LogP contribution in [0.15, 0.2) is 60.7 Å². The third kappa shape index (κ3) is 2.49. The van der Waals surface area contributed by atoms with E-state index in [4.69, 9.17) is 0 Å². The largest absolute Gasteiger partial charge is 0.0622 e. The van der Waals surface area contributed by atoms with Crippen LogP contribution in [0.4, 0.5) is 0 Å². The SMILES string of the molecule is Cc1cc2c(c(CCc3ccccc3)c1C)Cc1ccccc1-2. The Labute approximate surface area is 138 Å². The summed E-state index contributed by atoms with van der Waals surface area (Å²) in [7, 11) is 0. The van der Waals surface area contributed by atoms with Crippen molar-refractivity contribution in [2.45, 2.75) is 33.1 Å². The highest BCUT2D eigenvalue weighted by molar-refractivity contribution is 5.79. The lowest BCUT2D eigenvalue weighted by atomic mass is 9.89. The molecule has 0 aromatic heterocycles. The maximum Gasteiger partial charge on any atom is -0.00106 e. The Hall–Kier alpha value is -2.34. The second kappa shape index (κ2) is 5.70. The third-order valence-corrected chi connectivity index (χ3v) is 5.28. The highest BCUT2D eigenvalue weighted by atomic mass is 14.3. The molecule has 114 valence electrons. The second-order valence-electron chi connectivity index (χ2n) is 6.64. The zero-order valence-electron chi connectivity index (χ0n) is 13.9. The van der Waals surface area contributed by atoms with Gasteiger partial charge in [-0.05, 0) is 77.6 Å². The molecule has 0 radical (unpaired) electrons. The molecule has 0 amide bonds. The van der Waals surface area contributed by atoms with E-state index in [9.17, 15) is 0 Å². The Morgan fingerprint density at radius 1 is 0.783 bits per heavy atom. The molecule has 1 aliphatic carbocycles. The fourth-order valence-corrected chi connectivity index (χ4v) is 3.86. The zero-order chi connectivity index (χ0) is 15.8. The molecule has 3 aromatic rings. The van der Waals surface area contributed by atoms with Crippen LogP contribution < -0.4 is 0 Å². The average Bonchev–Trinajstić information content (AvgIpc) is 2.94. The molecular weight excluding hydrogens is 276 g/mol. The Morgan fingerprint density at radius 2 is 1.52 bits per heavy atom. The molecule has 0 saturated heterocycles. The number of hydrogen-bond donors (Lipinski definition) is 0. The summed E-state index contributed by atoms with van der Waals surface area (Å²) in [4.78, 5) is 0. The molecule has 0 fully saturated rings. The Kier molecular flexibility index (Phi) is 3.53. The van der Waals surface area contributed by atoms with Crippen molar-refractivity contribution in [3.63, 3.8) is 0 Å². The Bertz CT molecular complexity index is 857. The van der Waals surface area contributed by atoms with Gasteiger partial charge in [0.15, 0.2) is 0 Å². The lowest BCUT2D eigenvalue weighted by molar-refractivity contribution is 0.928. The topological polar surface area (TPSA) is 0 Å². The van der Waals surface area contributed by atoms with Crippen LogP contribution in [0, 0.1) is 13.8 Å². The van der Waals surface area contributed by atoms with E-state index in [0.29, 0.717) is 0 Å². The highest BCUT2D eigenvalue weighted by Crippen LogP contribution is 2.40. The molecule has 0 heterocycles. The van der Waals surface area contributed by atoms with Crippen molar-refractivity contribution in [2.75, 3.05) is 0 Å². The molecule has 0 N–H and O–H groups in total. The van der Waals surface area contributed by atoms with E-state index in [0.717, 1.165) is 19.3 Å². The van der Waals surface area contributed by atoms with Crippen molar-refractivity contribution in [1.82, 2.24) is 0 Å². The predicted octanol–water partition coefficient (Wildman–Crippen LogP) is 5.66. The fraction of sp³-hybridized carbons (Fsp3) is 0.217. The minimum absolute atomic E-state index is 1.09. The molecule has 0 atom stereocenters. The summed E-state index contributed by atoms with van der Waals surface area (Å²) in [6.07, 6.45) is 3.35. The van der Waals surface area contributed by atoms with E-state index in [-0.39, 0.29) is 0 Å². The molecule has 0 saturated carbocycles. The van der Waals surface area contributed by atoms with Crippen molar-refractivity contribution < 1.29 is 0 Å². The molecule has 0 spiro atoms. The summed E-state index contributed by atoms with van der Waals surface area (Å²) in [5.41, 5.74) is 11.8. The van der Waals surface area contributed by atoms with Crippen molar-refractivity contribution >= 4 is 0 Å². The molecule has 1 aliphatic rings. The van der Waals surface area contributed by atoms with Gasteiger partial charge in [-0.15, -0.1) is 0 Å². The smallest absolute Gasteiger partial charge is 0.00106 e. The van der Waals surface area contributed by atoms with Crippen molar-refractivity contribution in [1.29, 1.82) is 0 Å². The predicted molar refractivity (Wildman–Crippen MR) is 98.0 cm³/mol. The monoisotopic (exact) mass is 298 g/mol. The van der Waals surface area contributed by atoms with Crippen LogP contribution in [0.25, 0.3) is 11.1 Å². The van der Waals surface area contributed by atoms with Crippen LogP contribution in [0.2, 0.25) is 0 Å². The van der Waals surface area contributed by atoms with Gasteiger partial charge >= 0.3 is 0 Å². The van der Waals surface area contributed by atoms with Crippen LogP contribution in [0.1, 0.15) is 33.4 Å². The molecule has 4 rings (SSSR count). The summed E-state index contributed by atoms with van der Waals surface area (Å²) in [6.45, 7) is 4.54. The number of rotatable bonds is 3. The van der Waals surface area contributed by atoms with E-state index < -0.39 is 0 Å². The molecule has 3 aromatic carbocycles. The standard InChI is InChI=1S/C23H22/c1-16-14-22-21-11-7-6-10-19(21)15-23(22)20(17(16)2)13-12-18-8-4-3-5-9-18/h3-11,14H,12-13,15H2,1-2H3. The van der Waals surface area contributed by atoms with Gasteiger partial charge in [0.1, 0.15) is 0 Å². The first-order valence-corrected chi connectivity index (χ1v) is 8.48. The summed E-state index contributed by atoms with van der Waals surface area (Å²) in [6, 6.07) is 22.1. The summed E-state index contributed by atoms with van der Waals surface area (Å²) in [5.74, 6) is 0. The highest BCUT2D eigenvalue weighted by Gasteiger charge is 2.22. The summed E-state index contributed by atoms with van der Waals surface area (Å²) < 4.78 is 0. The number of aryl methyl sites for hydroxylation is 2. The number of benzene rings is 3. The molecule has 23 heavy (non-hydrogen) atoms. The molecule has 0 aliphatic heterocycles. The van der Waals surface area contributed by atoms with Crippen molar-refractivity contribution in [3.05, 3.63) is 94.0 Å². The van der Waals surface area contributed by atoms with E-state index in [1.165, 1.54) is 33.4 Å². The van der Waals surface area contributed by atoms with Crippen molar-refractivity contribution in [3.8, 4) is 11.1 Å². The normalized spacial score (nSPS) is 12.1. The minimum atomic E-state index is 1.09. The first kappa shape index (κ1) is 14.3. The number of hydrogen-bond acceptors (Lipinski definition) is 0. The van der Waals surface area contributed by atoms with Gasteiger partial charge in [0.05, 0.1) is 0 Å². The van der Waals surface area contributed by atoms with Gasteiger partial charge in [-0.25, -0.2) is 0 Å². The van der Waals surface area contributed by atoms with Gasteiger partial charge in [-0.1, -0.05) is 60.7 Å². The van der Waals surface area contributed by atoms with Gasteiger partial charge < -0.3 is 0 Å². The van der Waals surface area contributed by atoms with Crippen LogP contribution in [0.5, 0.6) is 0 Å². The first-order chi connectivity index (χ1) is 11.2.